The van der Waals surface area contributed by atoms with E-state index in [4.69, 9.17) is 9.26 Å². The lowest BCUT2D eigenvalue weighted by Crippen LogP contribution is -2.42. The highest BCUT2D eigenvalue weighted by Gasteiger charge is 2.29. The maximum Gasteiger partial charge on any atom is 0.269 e. The highest BCUT2D eigenvalue weighted by molar-refractivity contribution is 5.41. The van der Waals surface area contributed by atoms with Gasteiger partial charge in [-0.05, 0) is 26.3 Å². The van der Waals surface area contributed by atoms with E-state index in [2.05, 4.69) is 27.1 Å². The summed E-state index contributed by atoms with van der Waals surface area (Å²) in [4.78, 5) is 21.4. The first kappa shape index (κ1) is 20.5. The number of ether oxygens (including phenoxy) is 1. The van der Waals surface area contributed by atoms with Gasteiger partial charge in [0.25, 0.3) is 5.56 Å². The summed E-state index contributed by atoms with van der Waals surface area (Å²) in [6.07, 6.45) is 4.43. The predicted molar refractivity (Wildman–Crippen MR) is 106 cm³/mol. The maximum absolute atomic E-state index is 12.7. The Labute approximate surface area is 165 Å². The van der Waals surface area contributed by atoms with Gasteiger partial charge in [0.2, 0.25) is 5.89 Å². The van der Waals surface area contributed by atoms with E-state index in [0.717, 1.165) is 43.9 Å². The van der Waals surface area contributed by atoms with E-state index in [1.807, 2.05) is 18.9 Å². The number of hydrogen-bond donors (Lipinski definition) is 0. The largest absolute Gasteiger partial charge is 0.383 e. The minimum absolute atomic E-state index is 0.0192. The molecule has 0 aliphatic carbocycles. The summed E-state index contributed by atoms with van der Waals surface area (Å²) in [6.45, 7) is 7.06. The van der Waals surface area contributed by atoms with Crippen molar-refractivity contribution in [1.29, 1.82) is 0 Å². The highest BCUT2D eigenvalue weighted by Crippen LogP contribution is 2.27. The van der Waals surface area contributed by atoms with Crippen LogP contribution in [0.15, 0.2) is 21.6 Å². The molecular weight excluding hydrogens is 360 g/mol. The molecule has 9 nitrogen and oxygen atoms in total. The number of anilines is 1. The minimum atomic E-state index is -0.0765. The van der Waals surface area contributed by atoms with Gasteiger partial charge in [-0.1, -0.05) is 12.1 Å². The van der Waals surface area contributed by atoms with Crippen LogP contribution in [0, 0.1) is 0 Å². The second-order valence-electron chi connectivity index (χ2n) is 7.28. The van der Waals surface area contributed by atoms with Crippen LogP contribution in [-0.2, 0) is 11.2 Å². The molecule has 1 fully saturated rings. The third-order valence-electron chi connectivity index (χ3n) is 5.36. The van der Waals surface area contributed by atoms with Crippen LogP contribution < -0.4 is 10.5 Å². The zero-order chi connectivity index (χ0) is 20.1. The molecule has 2 atom stereocenters. The topological polar surface area (TPSA) is 89.5 Å². The Kier molecular flexibility index (Phi) is 6.79. The standard InChI is InChI=1S/C19H30N6O3/c1-5-17-21-19(28-22-17)14(2)24-8-6-7-15(13-24)25-18(26)11-16(12-20-25)23(3)9-10-27-4/h11-12,14-15H,5-10,13H2,1-4H3/t14-,15+/m0/s1. The molecule has 0 bridgehead atoms. The second-order valence-corrected chi connectivity index (χ2v) is 7.28. The number of piperidine rings is 1. The van der Waals surface area contributed by atoms with Crippen LogP contribution in [0.2, 0.25) is 0 Å². The van der Waals surface area contributed by atoms with E-state index in [9.17, 15) is 4.79 Å². The van der Waals surface area contributed by atoms with Gasteiger partial charge in [-0.15, -0.1) is 0 Å². The molecule has 3 rings (SSSR count). The van der Waals surface area contributed by atoms with Gasteiger partial charge in [0.1, 0.15) is 0 Å². The third kappa shape index (κ3) is 4.59. The molecule has 1 aliphatic heterocycles. The molecule has 0 spiro atoms. The van der Waals surface area contributed by atoms with Crippen LogP contribution in [0.5, 0.6) is 0 Å². The van der Waals surface area contributed by atoms with E-state index < -0.39 is 0 Å². The number of hydrogen-bond acceptors (Lipinski definition) is 8. The molecule has 0 aromatic carbocycles. The van der Waals surface area contributed by atoms with E-state index in [1.54, 1.807) is 24.1 Å². The number of aromatic nitrogens is 4. The van der Waals surface area contributed by atoms with Crippen LogP contribution in [0.1, 0.15) is 50.5 Å². The molecule has 1 saturated heterocycles. The Hall–Kier alpha value is -2.26. The Balaban J connectivity index is 1.70. The summed E-state index contributed by atoms with van der Waals surface area (Å²) in [6, 6.07) is 1.71. The first-order chi connectivity index (χ1) is 13.5. The van der Waals surface area contributed by atoms with Gasteiger partial charge in [-0.3, -0.25) is 9.69 Å². The van der Waals surface area contributed by atoms with E-state index in [0.29, 0.717) is 19.0 Å². The van der Waals surface area contributed by atoms with Crippen molar-refractivity contribution < 1.29 is 9.26 Å². The van der Waals surface area contributed by atoms with Gasteiger partial charge in [0.05, 0.1) is 30.6 Å². The highest BCUT2D eigenvalue weighted by atomic mass is 16.5. The molecule has 3 heterocycles. The van der Waals surface area contributed by atoms with E-state index in [-0.39, 0.29) is 17.6 Å². The minimum Gasteiger partial charge on any atom is -0.383 e. The first-order valence-corrected chi connectivity index (χ1v) is 9.89. The molecule has 154 valence electrons. The number of aryl methyl sites for hydroxylation is 1. The smallest absolute Gasteiger partial charge is 0.269 e. The Morgan fingerprint density at radius 1 is 1.46 bits per heavy atom. The average molecular weight is 390 g/mol. The molecule has 2 aromatic heterocycles. The Bertz CT molecular complexity index is 820. The SMILES string of the molecule is CCc1noc([C@H](C)N2CCC[C@@H](n3ncc(N(C)CCOC)cc3=O)C2)n1. The monoisotopic (exact) mass is 390 g/mol. The number of likely N-dealkylation sites (tertiary alicyclic amines) is 1. The second kappa shape index (κ2) is 9.29. The molecule has 0 saturated carbocycles. The zero-order valence-electron chi connectivity index (χ0n) is 17.2. The molecule has 28 heavy (non-hydrogen) atoms. The van der Waals surface area contributed by atoms with Crippen molar-refractivity contribution in [2.45, 2.75) is 45.2 Å². The van der Waals surface area contributed by atoms with Crippen molar-refractivity contribution in [2.24, 2.45) is 0 Å². The number of rotatable bonds is 8. The first-order valence-electron chi connectivity index (χ1n) is 9.89. The van der Waals surface area contributed by atoms with Gasteiger partial charge in [-0.2, -0.15) is 10.1 Å². The van der Waals surface area contributed by atoms with Crippen LogP contribution in [0.4, 0.5) is 5.69 Å². The molecule has 0 N–H and O–H groups in total. The van der Waals surface area contributed by atoms with Crippen LogP contribution in [0.25, 0.3) is 0 Å². The summed E-state index contributed by atoms with van der Waals surface area (Å²) in [5, 5.41) is 8.45. The number of methoxy groups -OCH3 is 1. The summed E-state index contributed by atoms with van der Waals surface area (Å²) in [7, 11) is 3.59. The number of likely N-dealkylation sites (N-methyl/N-ethyl adjacent to an activating group) is 1. The fourth-order valence-electron chi connectivity index (χ4n) is 3.52. The van der Waals surface area contributed by atoms with Gasteiger partial charge in [-0.25, -0.2) is 4.68 Å². The van der Waals surface area contributed by atoms with Gasteiger partial charge < -0.3 is 14.2 Å². The van der Waals surface area contributed by atoms with E-state index >= 15 is 0 Å². The molecule has 2 aromatic rings. The lowest BCUT2D eigenvalue weighted by molar-refractivity contribution is 0.108. The van der Waals surface area contributed by atoms with Crippen LogP contribution in [-0.4, -0.2) is 65.2 Å². The summed E-state index contributed by atoms with van der Waals surface area (Å²) >= 11 is 0. The summed E-state index contributed by atoms with van der Waals surface area (Å²) < 4.78 is 12.1. The van der Waals surface area contributed by atoms with Crippen molar-refractivity contribution in [3.8, 4) is 0 Å². The molecule has 0 unspecified atom stereocenters. The van der Waals surface area contributed by atoms with Crippen molar-refractivity contribution in [3.63, 3.8) is 0 Å². The van der Waals surface area contributed by atoms with Crippen molar-refractivity contribution in [2.75, 3.05) is 45.3 Å². The van der Waals surface area contributed by atoms with E-state index in [1.165, 1.54) is 0 Å². The maximum atomic E-state index is 12.7. The molecule has 0 amide bonds. The summed E-state index contributed by atoms with van der Waals surface area (Å²) in [5.41, 5.74) is 0.726. The quantitative estimate of drug-likeness (QED) is 0.672. The third-order valence-corrected chi connectivity index (χ3v) is 5.36. The molecule has 1 aliphatic rings. The molecule has 9 heteroatoms. The van der Waals surface area contributed by atoms with Gasteiger partial charge in [0.15, 0.2) is 5.82 Å². The average Bonchev–Trinajstić information content (AvgIpc) is 3.20. The van der Waals surface area contributed by atoms with Crippen molar-refractivity contribution in [1.82, 2.24) is 24.8 Å². The van der Waals surface area contributed by atoms with Gasteiger partial charge >= 0.3 is 0 Å². The van der Waals surface area contributed by atoms with Gasteiger partial charge in [0, 0.05) is 39.7 Å². The summed E-state index contributed by atoms with van der Waals surface area (Å²) in [5.74, 6) is 1.36. The van der Waals surface area contributed by atoms with Crippen LogP contribution >= 0.6 is 0 Å². The lowest BCUT2D eigenvalue weighted by Gasteiger charge is -2.35. The Morgan fingerprint density at radius 3 is 2.96 bits per heavy atom. The fourth-order valence-corrected chi connectivity index (χ4v) is 3.52. The van der Waals surface area contributed by atoms with Crippen LogP contribution in [0.3, 0.4) is 0 Å². The fraction of sp³-hybridized carbons (Fsp3) is 0.684. The zero-order valence-corrected chi connectivity index (χ0v) is 17.2. The molecular formula is C19H30N6O3. The normalized spacial score (nSPS) is 18.9. The van der Waals surface area contributed by atoms with Crippen molar-refractivity contribution in [3.05, 3.63) is 34.3 Å². The predicted octanol–water partition coefficient (Wildman–Crippen LogP) is 1.67. The Morgan fingerprint density at radius 2 is 2.29 bits per heavy atom. The number of nitrogens with zero attached hydrogens (tertiary/aromatic N) is 6. The molecule has 0 radical (unpaired) electrons. The van der Waals surface area contributed by atoms with Crippen molar-refractivity contribution >= 4 is 5.69 Å². The lowest BCUT2D eigenvalue weighted by atomic mass is 10.0.